The van der Waals surface area contributed by atoms with Gasteiger partial charge in [-0.25, -0.2) is 8.42 Å². The fourth-order valence-electron chi connectivity index (χ4n) is 1.44. The summed E-state index contributed by atoms with van der Waals surface area (Å²) < 4.78 is 30.6. The van der Waals surface area contributed by atoms with Gasteiger partial charge in [-0.15, -0.1) is 0 Å². The summed E-state index contributed by atoms with van der Waals surface area (Å²) in [5, 5.41) is 0. The number of sulfonamides is 1. The molecule has 0 saturated carbocycles. The fourth-order valence-corrected chi connectivity index (χ4v) is 2.57. The molecule has 1 aromatic carbocycles. The highest BCUT2D eigenvalue weighted by Crippen LogP contribution is 2.11. The van der Waals surface area contributed by atoms with Crippen molar-refractivity contribution in [2.45, 2.75) is 18.2 Å². The van der Waals surface area contributed by atoms with Crippen LogP contribution < -0.4 is 10.5 Å². The number of nitrogens with one attached hydrogen (secondary N) is 1. The van der Waals surface area contributed by atoms with Crippen molar-refractivity contribution in [1.82, 2.24) is 4.72 Å². The first-order valence-corrected chi connectivity index (χ1v) is 7.77. The zero-order chi connectivity index (χ0) is 15.2. The van der Waals surface area contributed by atoms with Crippen LogP contribution in [0.1, 0.15) is 12.5 Å². The molecule has 0 radical (unpaired) electrons. The molecule has 0 saturated heterocycles. The Hall–Kier alpha value is -1.51. The number of ether oxygens (including phenoxy) is 1. The van der Waals surface area contributed by atoms with E-state index in [4.69, 9.17) is 18.0 Å². The zero-order valence-corrected chi connectivity index (χ0v) is 12.6. The standard InChI is InChI=1S/C12H16N2O4S2/c1-2-18-12(15)8-14-20(16,17)10-5-3-9(4-6-10)7-11(13)19/h3-6,14H,2,7-8H2,1H3,(H2,13,19). The van der Waals surface area contributed by atoms with E-state index >= 15 is 0 Å². The summed E-state index contributed by atoms with van der Waals surface area (Å²) in [6.07, 6.45) is 0.409. The van der Waals surface area contributed by atoms with Gasteiger partial charge in [-0.2, -0.15) is 4.72 Å². The van der Waals surface area contributed by atoms with Gasteiger partial charge < -0.3 is 10.5 Å². The van der Waals surface area contributed by atoms with Crippen LogP contribution in [0.5, 0.6) is 0 Å². The van der Waals surface area contributed by atoms with E-state index in [-0.39, 0.29) is 11.5 Å². The van der Waals surface area contributed by atoms with E-state index in [9.17, 15) is 13.2 Å². The number of thiocarbonyl (C=S) groups is 1. The van der Waals surface area contributed by atoms with Gasteiger partial charge >= 0.3 is 5.97 Å². The van der Waals surface area contributed by atoms with Gasteiger partial charge in [-0.3, -0.25) is 4.79 Å². The number of hydrogen-bond donors (Lipinski definition) is 2. The van der Waals surface area contributed by atoms with Crippen molar-refractivity contribution < 1.29 is 17.9 Å². The Morgan fingerprint density at radius 2 is 1.95 bits per heavy atom. The molecule has 0 aromatic heterocycles. The lowest BCUT2D eigenvalue weighted by atomic mass is 10.1. The Balaban J connectivity index is 2.72. The van der Waals surface area contributed by atoms with Crippen molar-refractivity contribution in [1.29, 1.82) is 0 Å². The third-order valence-corrected chi connectivity index (χ3v) is 3.89. The number of benzene rings is 1. The number of carbonyl (C=O) groups excluding carboxylic acids is 1. The van der Waals surface area contributed by atoms with Crippen LogP contribution in [0.4, 0.5) is 0 Å². The third kappa shape index (κ3) is 5.24. The molecule has 0 fully saturated rings. The van der Waals surface area contributed by atoms with Crippen LogP contribution in [-0.4, -0.2) is 32.5 Å². The van der Waals surface area contributed by atoms with Gasteiger partial charge in [0.15, 0.2) is 0 Å². The first-order chi connectivity index (χ1) is 9.35. The highest BCUT2D eigenvalue weighted by atomic mass is 32.2. The molecule has 1 aromatic rings. The van der Waals surface area contributed by atoms with Crippen molar-refractivity contribution in [2.24, 2.45) is 5.73 Å². The second-order valence-corrected chi connectivity index (χ2v) is 6.21. The molecule has 0 aliphatic heterocycles. The van der Waals surface area contributed by atoms with Crippen LogP contribution in [0, 0.1) is 0 Å². The lowest BCUT2D eigenvalue weighted by Crippen LogP contribution is -2.30. The number of carbonyl (C=O) groups is 1. The van der Waals surface area contributed by atoms with Gasteiger partial charge in [0.05, 0.1) is 16.5 Å². The highest BCUT2D eigenvalue weighted by Gasteiger charge is 2.15. The summed E-state index contributed by atoms with van der Waals surface area (Å²) in [5.41, 5.74) is 6.23. The van der Waals surface area contributed by atoms with Crippen molar-refractivity contribution in [3.63, 3.8) is 0 Å². The van der Waals surface area contributed by atoms with Crippen LogP contribution in [0.25, 0.3) is 0 Å². The number of rotatable bonds is 7. The second-order valence-electron chi connectivity index (χ2n) is 3.92. The molecule has 0 bridgehead atoms. The third-order valence-electron chi connectivity index (χ3n) is 2.32. The van der Waals surface area contributed by atoms with Gasteiger partial charge in [-0.1, -0.05) is 24.4 Å². The van der Waals surface area contributed by atoms with Gasteiger partial charge in [0.2, 0.25) is 10.0 Å². The van der Waals surface area contributed by atoms with Crippen molar-refractivity contribution in [3.8, 4) is 0 Å². The zero-order valence-electron chi connectivity index (χ0n) is 11.0. The van der Waals surface area contributed by atoms with E-state index in [0.29, 0.717) is 11.4 Å². The molecule has 0 amide bonds. The van der Waals surface area contributed by atoms with E-state index in [0.717, 1.165) is 5.56 Å². The predicted molar refractivity (Wildman–Crippen MR) is 78.8 cm³/mol. The average Bonchev–Trinajstić information content (AvgIpc) is 2.37. The minimum atomic E-state index is -3.73. The monoisotopic (exact) mass is 316 g/mol. The summed E-state index contributed by atoms with van der Waals surface area (Å²) >= 11 is 4.77. The SMILES string of the molecule is CCOC(=O)CNS(=O)(=O)c1ccc(CC(N)=S)cc1. The Kier molecular flexibility index (Phi) is 6.05. The molecule has 1 rings (SSSR count). The predicted octanol–water partition coefficient (Wildman–Crippen LogP) is 0.357. The first-order valence-electron chi connectivity index (χ1n) is 5.87. The number of hydrogen-bond acceptors (Lipinski definition) is 5. The second kappa shape index (κ2) is 7.32. The number of nitrogens with two attached hydrogens (primary N) is 1. The molecule has 0 aliphatic rings. The summed E-state index contributed by atoms with van der Waals surface area (Å²) in [6, 6.07) is 6.11. The van der Waals surface area contributed by atoms with Crippen LogP contribution in [0.15, 0.2) is 29.2 Å². The molecule has 20 heavy (non-hydrogen) atoms. The molecule has 0 heterocycles. The summed E-state index contributed by atoms with van der Waals surface area (Å²) in [6.45, 7) is 1.45. The van der Waals surface area contributed by atoms with Crippen LogP contribution in [0.2, 0.25) is 0 Å². The van der Waals surface area contributed by atoms with Crippen LogP contribution >= 0.6 is 12.2 Å². The lowest BCUT2D eigenvalue weighted by molar-refractivity contribution is -0.141. The van der Waals surface area contributed by atoms with Gasteiger partial charge in [0.1, 0.15) is 6.54 Å². The molecule has 0 unspecified atom stereocenters. The van der Waals surface area contributed by atoms with E-state index in [2.05, 4.69) is 9.46 Å². The van der Waals surface area contributed by atoms with Gasteiger partial charge in [-0.05, 0) is 24.6 Å². The maximum absolute atomic E-state index is 11.9. The molecule has 110 valence electrons. The molecule has 6 nitrogen and oxygen atoms in total. The molecule has 3 N–H and O–H groups in total. The van der Waals surface area contributed by atoms with E-state index in [1.165, 1.54) is 12.1 Å². The smallest absolute Gasteiger partial charge is 0.321 e. The normalized spacial score (nSPS) is 11.1. The van der Waals surface area contributed by atoms with E-state index < -0.39 is 22.5 Å². The molecule has 0 aliphatic carbocycles. The van der Waals surface area contributed by atoms with Crippen LogP contribution in [0.3, 0.4) is 0 Å². The maximum atomic E-state index is 11.9. The Morgan fingerprint density at radius 3 is 2.45 bits per heavy atom. The molecule has 0 spiro atoms. The Morgan fingerprint density at radius 1 is 1.35 bits per heavy atom. The minimum absolute atomic E-state index is 0.0634. The van der Waals surface area contributed by atoms with E-state index in [1.807, 2.05) is 0 Å². The quantitative estimate of drug-likeness (QED) is 0.556. The minimum Gasteiger partial charge on any atom is -0.465 e. The fraction of sp³-hybridized carbons (Fsp3) is 0.333. The van der Waals surface area contributed by atoms with Crippen LogP contribution in [-0.2, 0) is 26.0 Å². The van der Waals surface area contributed by atoms with Crippen molar-refractivity contribution >= 4 is 33.2 Å². The van der Waals surface area contributed by atoms with E-state index in [1.54, 1.807) is 19.1 Å². The average molecular weight is 316 g/mol. The molecular formula is C12H16N2O4S2. The van der Waals surface area contributed by atoms with Crippen molar-refractivity contribution in [2.75, 3.05) is 13.2 Å². The summed E-state index contributed by atoms with van der Waals surface area (Å²) in [7, 11) is -3.73. The van der Waals surface area contributed by atoms with Gasteiger partial charge in [0, 0.05) is 6.42 Å². The summed E-state index contributed by atoms with van der Waals surface area (Å²) in [5.74, 6) is -0.624. The number of esters is 1. The lowest BCUT2D eigenvalue weighted by Gasteiger charge is -2.07. The Labute approximate surface area is 123 Å². The maximum Gasteiger partial charge on any atom is 0.321 e. The molecule has 0 atom stereocenters. The topological polar surface area (TPSA) is 98.5 Å². The molecule has 8 heteroatoms. The summed E-state index contributed by atoms with van der Waals surface area (Å²) in [4.78, 5) is 11.5. The van der Waals surface area contributed by atoms with Gasteiger partial charge in [0.25, 0.3) is 0 Å². The highest BCUT2D eigenvalue weighted by molar-refractivity contribution is 7.89. The first kappa shape index (κ1) is 16.5. The Bertz CT molecular complexity index is 582. The van der Waals surface area contributed by atoms with Crippen molar-refractivity contribution in [3.05, 3.63) is 29.8 Å². The molecular weight excluding hydrogens is 300 g/mol. The largest absolute Gasteiger partial charge is 0.465 e.